The average molecular weight is 479 g/mol. The highest BCUT2D eigenvalue weighted by Crippen LogP contribution is 2.32. The fourth-order valence-corrected chi connectivity index (χ4v) is 5.06. The lowest BCUT2D eigenvalue weighted by Crippen LogP contribution is -2.48. The quantitative estimate of drug-likeness (QED) is 0.682. The molecule has 4 heterocycles. The Labute approximate surface area is 206 Å². The molecule has 0 aliphatic carbocycles. The van der Waals surface area contributed by atoms with E-state index in [1.807, 2.05) is 23.6 Å². The molecule has 3 aliphatic rings. The summed E-state index contributed by atoms with van der Waals surface area (Å²) >= 11 is 0. The van der Waals surface area contributed by atoms with Gasteiger partial charge in [0.1, 0.15) is 23.4 Å². The van der Waals surface area contributed by atoms with Crippen molar-refractivity contribution in [3.05, 3.63) is 40.6 Å². The number of amides is 2. The maximum Gasteiger partial charge on any atom is 0.273 e. The number of nitrogens with zero attached hydrogens (tertiary/aromatic N) is 5. The molecule has 1 atom stereocenters. The molecule has 186 valence electrons. The van der Waals surface area contributed by atoms with Crippen molar-refractivity contribution in [2.45, 2.75) is 59.2 Å². The van der Waals surface area contributed by atoms with Gasteiger partial charge in [-0.3, -0.25) is 9.59 Å². The number of anilines is 2. The Morgan fingerprint density at radius 3 is 2.69 bits per heavy atom. The fourth-order valence-electron chi connectivity index (χ4n) is 5.06. The third kappa shape index (κ3) is 4.63. The lowest BCUT2D eigenvalue weighted by atomic mass is 10.0. The van der Waals surface area contributed by atoms with Crippen LogP contribution in [0.3, 0.4) is 0 Å². The first-order valence-electron chi connectivity index (χ1n) is 12.5. The number of nitrogens with one attached hydrogen (secondary N) is 1. The third-order valence-electron chi connectivity index (χ3n) is 7.08. The van der Waals surface area contributed by atoms with Crippen LogP contribution in [0.25, 0.3) is 0 Å². The maximum atomic E-state index is 13.1. The summed E-state index contributed by atoms with van der Waals surface area (Å²) in [4.78, 5) is 40.1. The molecule has 1 aromatic heterocycles. The summed E-state index contributed by atoms with van der Waals surface area (Å²) in [5.41, 5.74) is 3.87. The molecule has 1 saturated heterocycles. The van der Waals surface area contributed by atoms with Crippen LogP contribution in [0.2, 0.25) is 0 Å². The van der Waals surface area contributed by atoms with Crippen LogP contribution in [0, 0.1) is 0 Å². The minimum Gasteiger partial charge on any atom is -0.490 e. The van der Waals surface area contributed by atoms with Crippen molar-refractivity contribution in [2.75, 3.05) is 42.9 Å². The molecule has 1 N–H and O–H groups in total. The summed E-state index contributed by atoms with van der Waals surface area (Å²) < 4.78 is 5.82. The second-order valence-corrected chi connectivity index (χ2v) is 9.97. The zero-order chi connectivity index (χ0) is 24.7. The van der Waals surface area contributed by atoms with Crippen molar-refractivity contribution < 1.29 is 14.3 Å². The Morgan fingerprint density at radius 1 is 1.20 bits per heavy atom. The first kappa shape index (κ1) is 23.4. The Hall–Kier alpha value is -3.36. The van der Waals surface area contributed by atoms with E-state index in [1.165, 1.54) is 11.1 Å². The number of aromatic nitrogens is 2. The molecule has 1 unspecified atom stereocenters. The van der Waals surface area contributed by atoms with Crippen molar-refractivity contribution >= 4 is 23.6 Å². The van der Waals surface area contributed by atoms with Crippen LogP contribution in [0.5, 0.6) is 5.75 Å². The van der Waals surface area contributed by atoms with Gasteiger partial charge in [0, 0.05) is 57.7 Å². The number of ether oxygens (including phenoxy) is 1. The van der Waals surface area contributed by atoms with Crippen LogP contribution in [-0.2, 0) is 24.2 Å². The summed E-state index contributed by atoms with van der Waals surface area (Å²) in [5.74, 6) is 2.31. The van der Waals surface area contributed by atoms with Crippen molar-refractivity contribution in [1.29, 1.82) is 0 Å². The van der Waals surface area contributed by atoms with Crippen LogP contribution >= 0.6 is 0 Å². The number of fused-ring (bicyclic) bond motifs is 2. The van der Waals surface area contributed by atoms with E-state index in [1.54, 1.807) is 6.92 Å². The molecule has 0 spiro atoms. The van der Waals surface area contributed by atoms with Crippen LogP contribution in [0.15, 0.2) is 18.2 Å². The van der Waals surface area contributed by atoms with Gasteiger partial charge in [-0.1, -0.05) is 12.1 Å². The standard InChI is InChI=1S/C26H34N6O3/c1-16(2)32-15-21-23(25(32)34)28-26(31-11-9-30(10-12-31)18(4)33)29-24(21)27-8-7-19-5-6-22-20(14-19)13-17(3)35-22/h5-6,14,16-17H,7-13,15H2,1-4H3,(H,27,28,29). The predicted molar refractivity (Wildman–Crippen MR) is 134 cm³/mol. The molecule has 1 fully saturated rings. The van der Waals surface area contributed by atoms with Crippen molar-refractivity contribution in [2.24, 2.45) is 0 Å². The first-order valence-corrected chi connectivity index (χ1v) is 12.5. The van der Waals surface area contributed by atoms with Crippen molar-refractivity contribution in [3.8, 4) is 5.75 Å². The molecule has 35 heavy (non-hydrogen) atoms. The van der Waals surface area contributed by atoms with Gasteiger partial charge in [-0.05, 0) is 44.4 Å². The monoisotopic (exact) mass is 478 g/mol. The second kappa shape index (κ2) is 9.36. The largest absolute Gasteiger partial charge is 0.490 e. The molecule has 0 saturated carbocycles. The van der Waals surface area contributed by atoms with Gasteiger partial charge in [0.15, 0.2) is 0 Å². The fraction of sp³-hybridized carbons (Fsp3) is 0.538. The van der Waals surface area contributed by atoms with Gasteiger partial charge in [-0.25, -0.2) is 4.98 Å². The molecule has 9 heteroatoms. The Kier molecular flexibility index (Phi) is 6.25. The predicted octanol–water partition coefficient (Wildman–Crippen LogP) is 2.49. The topological polar surface area (TPSA) is 90.9 Å². The van der Waals surface area contributed by atoms with E-state index in [2.05, 4.69) is 35.3 Å². The van der Waals surface area contributed by atoms with E-state index < -0.39 is 0 Å². The van der Waals surface area contributed by atoms with Crippen LogP contribution in [-0.4, -0.2) is 76.5 Å². The van der Waals surface area contributed by atoms with Crippen molar-refractivity contribution in [1.82, 2.24) is 19.8 Å². The molecule has 0 bridgehead atoms. The van der Waals surface area contributed by atoms with Crippen LogP contribution < -0.4 is 15.0 Å². The van der Waals surface area contributed by atoms with Gasteiger partial charge in [0.2, 0.25) is 11.9 Å². The summed E-state index contributed by atoms with van der Waals surface area (Å²) in [5, 5.41) is 3.50. The molecule has 2 aromatic rings. The molecule has 1 aromatic carbocycles. The third-order valence-corrected chi connectivity index (χ3v) is 7.08. The molecular weight excluding hydrogens is 444 g/mol. The summed E-state index contributed by atoms with van der Waals surface area (Å²) in [6, 6.07) is 6.50. The smallest absolute Gasteiger partial charge is 0.273 e. The number of rotatable bonds is 6. The minimum absolute atomic E-state index is 0.0446. The summed E-state index contributed by atoms with van der Waals surface area (Å²) in [6.45, 7) is 11.5. The van der Waals surface area contributed by atoms with E-state index in [9.17, 15) is 9.59 Å². The van der Waals surface area contributed by atoms with Crippen molar-refractivity contribution in [3.63, 3.8) is 0 Å². The highest BCUT2D eigenvalue weighted by molar-refractivity contribution is 5.98. The molecule has 0 radical (unpaired) electrons. The van der Waals surface area contributed by atoms with Gasteiger partial charge < -0.3 is 24.8 Å². The lowest BCUT2D eigenvalue weighted by molar-refractivity contribution is -0.129. The minimum atomic E-state index is -0.0446. The Balaban J connectivity index is 1.34. The van der Waals surface area contributed by atoms with Crippen LogP contribution in [0.1, 0.15) is 54.9 Å². The number of carbonyl (C=O) groups excluding carboxylic acids is 2. The van der Waals surface area contributed by atoms with E-state index in [4.69, 9.17) is 14.7 Å². The number of piperazine rings is 1. The summed E-state index contributed by atoms with van der Waals surface area (Å²) in [7, 11) is 0. The van der Waals surface area contributed by atoms with Gasteiger partial charge >= 0.3 is 0 Å². The number of hydrogen-bond donors (Lipinski definition) is 1. The van der Waals surface area contributed by atoms with Gasteiger partial charge in [-0.2, -0.15) is 4.98 Å². The van der Waals surface area contributed by atoms with Gasteiger partial charge in [0.05, 0.1) is 6.54 Å². The summed E-state index contributed by atoms with van der Waals surface area (Å²) in [6.07, 6.45) is 2.03. The zero-order valence-corrected chi connectivity index (χ0v) is 21.0. The molecule has 3 aliphatic heterocycles. The van der Waals surface area contributed by atoms with E-state index >= 15 is 0 Å². The van der Waals surface area contributed by atoms with E-state index in [0.717, 1.165) is 30.0 Å². The van der Waals surface area contributed by atoms with Crippen LogP contribution in [0.4, 0.5) is 11.8 Å². The first-order chi connectivity index (χ1) is 16.8. The second-order valence-electron chi connectivity index (χ2n) is 9.97. The Bertz CT molecular complexity index is 1140. The number of hydrogen-bond acceptors (Lipinski definition) is 7. The number of benzene rings is 1. The molecule has 5 rings (SSSR count). The molecule has 2 amide bonds. The lowest BCUT2D eigenvalue weighted by Gasteiger charge is -2.34. The number of carbonyl (C=O) groups is 2. The molecule has 9 nitrogen and oxygen atoms in total. The normalized spacial score (nSPS) is 19.2. The Morgan fingerprint density at radius 2 is 1.97 bits per heavy atom. The van der Waals surface area contributed by atoms with E-state index in [-0.39, 0.29) is 24.0 Å². The molecular formula is C26H34N6O3. The van der Waals surface area contributed by atoms with Gasteiger partial charge in [0.25, 0.3) is 5.91 Å². The highest BCUT2D eigenvalue weighted by Gasteiger charge is 2.35. The highest BCUT2D eigenvalue weighted by atomic mass is 16.5. The SMILES string of the molecule is CC(=O)N1CCN(c2nc(NCCc3ccc4c(c3)CC(C)O4)c3c(n2)C(=O)N(C(C)C)C3)CC1. The zero-order valence-electron chi connectivity index (χ0n) is 21.0. The maximum absolute atomic E-state index is 13.1. The van der Waals surface area contributed by atoms with Gasteiger partial charge in [-0.15, -0.1) is 0 Å². The van der Waals surface area contributed by atoms with E-state index in [0.29, 0.717) is 50.9 Å². The average Bonchev–Trinajstić information content (AvgIpc) is 3.37.